The van der Waals surface area contributed by atoms with E-state index >= 15 is 0 Å². The van der Waals surface area contributed by atoms with Crippen molar-refractivity contribution in [1.29, 1.82) is 0 Å². The molecule has 6 heteroatoms. The van der Waals surface area contributed by atoms with Crippen molar-refractivity contribution in [2.75, 3.05) is 0 Å². The Labute approximate surface area is 82.5 Å². The average Bonchev–Trinajstić information content (AvgIpc) is 2.21. The Kier molecular flexibility index (Phi) is 3.28. The summed E-state index contributed by atoms with van der Waals surface area (Å²) < 4.78 is 55.1. The Morgan fingerprint density at radius 1 is 1.20 bits per heavy atom. The fourth-order valence-corrected chi connectivity index (χ4v) is 0.827. The van der Waals surface area contributed by atoms with Gasteiger partial charge in [-0.1, -0.05) is 6.92 Å². The molecule has 82 valence electrons. The van der Waals surface area contributed by atoms with Crippen LogP contribution in [0.25, 0.3) is 0 Å². The van der Waals surface area contributed by atoms with Crippen LogP contribution in [-0.2, 0) is 4.79 Å². The quantitative estimate of drug-likeness (QED) is 0.332. The van der Waals surface area contributed by atoms with E-state index in [-0.39, 0.29) is 12.5 Å². The van der Waals surface area contributed by atoms with E-state index < -0.39 is 35.0 Å². The lowest BCUT2D eigenvalue weighted by molar-refractivity contribution is -0.134. The number of rotatable bonds is 2. The zero-order valence-corrected chi connectivity index (χ0v) is 7.61. The van der Waals surface area contributed by atoms with Crippen LogP contribution in [0.3, 0.4) is 0 Å². The molecule has 0 bridgehead atoms. The van der Waals surface area contributed by atoms with Gasteiger partial charge in [0.25, 0.3) is 0 Å². The predicted molar refractivity (Wildman–Crippen MR) is 42.2 cm³/mol. The van der Waals surface area contributed by atoms with Crippen LogP contribution in [0.15, 0.2) is 6.07 Å². The van der Waals surface area contributed by atoms with Crippen molar-refractivity contribution >= 4 is 5.97 Å². The van der Waals surface area contributed by atoms with Crippen LogP contribution in [0, 0.1) is 23.3 Å². The second kappa shape index (κ2) is 4.29. The molecular formula is C9H6F4O2. The summed E-state index contributed by atoms with van der Waals surface area (Å²) in [5, 5.41) is 0. The summed E-state index contributed by atoms with van der Waals surface area (Å²) in [6.45, 7) is 1.37. The van der Waals surface area contributed by atoms with E-state index in [9.17, 15) is 22.4 Å². The average molecular weight is 222 g/mol. The van der Waals surface area contributed by atoms with E-state index in [2.05, 4.69) is 4.74 Å². The highest BCUT2D eigenvalue weighted by Gasteiger charge is 2.22. The van der Waals surface area contributed by atoms with Gasteiger partial charge in [0.1, 0.15) is 0 Å². The molecule has 0 fully saturated rings. The maximum absolute atomic E-state index is 12.9. The molecule has 0 heterocycles. The third-order valence-corrected chi connectivity index (χ3v) is 1.58. The van der Waals surface area contributed by atoms with Crippen molar-refractivity contribution in [1.82, 2.24) is 0 Å². The molecule has 1 rings (SSSR count). The van der Waals surface area contributed by atoms with Crippen LogP contribution in [0.4, 0.5) is 17.6 Å². The number of esters is 1. The van der Waals surface area contributed by atoms with Crippen molar-refractivity contribution in [2.24, 2.45) is 0 Å². The van der Waals surface area contributed by atoms with Crippen LogP contribution in [0.1, 0.15) is 13.3 Å². The van der Waals surface area contributed by atoms with Gasteiger partial charge in [-0.3, -0.25) is 4.79 Å². The highest BCUT2D eigenvalue weighted by atomic mass is 19.2. The fraction of sp³-hybridized carbons (Fsp3) is 0.222. The molecular weight excluding hydrogens is 216 g/mol. The zero-order chi connectivity index (χ0) is 11.6. The van der Waals surface area contributed by atoms with Crippen molar-refractivity contribution in [2.45, 2.75) is 13.3 Å². The first-order valence-corrected chi connectivity index (χ1v) is 4.01. The Morgan fingerprint density at radius 3 is 2.07 bits per heavy atom. The Balaban J connectivity index is 3.21. The number of hydrogen-bond donors (Lipinski definition) is 0. The molecule has 0 atom stereocenters. The first-order valence-electron chi connectivity index (χ1n) is 4.01. The SMILES string of the molecule is CCC(=O)Oc1c(F)c(F)cc(F)c1F. The van der Waals surface area contributed by atoms with Crippen molar-refractivity contribution < 1.29 is 27.1 Å². The van der Waals surface area contributed by atoms with Crippen LogP contribution in [0.5, 0.6) is 5.75 Å². The number of benzene rings is 1. The number of ether oxygens (including phenoxy) is 1. The monoisotopic (exact) mass is 222 g/mol. The lowest BCUT2D eigenvalue weighted by Crippen LogP contribution is -2.10. The minimum atomic E-state index is -1.73. The lowest BCUT2D eigenvalue weighted by atomic mass is 10.3. The summed E-state index contributed by atoms with van der Waals surface area (Å²) in [6, 6.07) is 0.0357. The first-order chi connectivity index (χ1) is 6.97. The largest absolute Gasteiger partial charge is 0.420 e. The van der Waals surface area contributed by atoms with Crippen LogP contribution in [0.2, 0.25) is 0 Å². The molecule has 0 aliphatic carbocycles. The molecule has 0 unspecified atom stereocenters. The van der Waals surface area contributed by atoms with Gasteiger partial charge in [0, 0.05) is 12.5 Å². The molecule has 2 nitrogen and oxygen atoms in total. The molecule has 0 amide bonds. The van der Waals surface area contributed by atoms with Crippen LogP contribution < -0.4 is 4.74 Å². The fourth-order valence-electron chi connectivity index (χ4n) is 0.827. The van der Waals surface area contributed by atoms with Gasteiger partial charge in [-0.25, -0.2) is 8.78 Å². The molecule has 0 saturated carbocycles. The maximum Gasteiger partial charge on any atom is 0.311 e. The van der Waals surface area contributed by atoms with Gasteiger partial charge in [0.2, 0.25) is 17.4 Å². The number of carbonyl (C=O) groups is 1. The summed E-state index contributed by atoms with van der Waals surface area (Å²) in [7, 11) is 0. The Hall–Kier alpha value is -1.59. The van der Waals surface area contributed by atoms with E-state index in [4.69, 9.17) is 0 Å². The summed E-state index contributed by atoms with van der Waals surface area (Å²) in [6.07, 6.45) is -0.170. The van der Waals surface area contributed by atoms with Gasteiger partial charge in [0.15, 0.2) is 11.6 Å². The van der Waals surface area contributed by atoms with E-state index in [1.54, 1.807) is 0 Å². The highest BCUT2D eigenvalue weighted by Crippen LogP contribution is 2.26. The first kappa shape index (κ1) is 11.5. The minimum absolute atomic E-state index is 0.0357. The Morgan fingerprint density at radius 2 is 1.67 bits per heavy atom. The third kappa shape index (κ3) is 2.26. The van der Waals surface area contributed by atoms with Crippen molar-refractivity contribution in [3.05, 3.63) is 29.3 Å². The zero-order valence-electron chi connectivity index (χ0n) is 7.61. The standard InChI is InChI=1S/C9H6F4O2/c1-2-6(14)15-9-7(12)4(10)3-5(11)8(9)13/h3H,2H2,1H3. The van der Waals surface area contributed by atoms with Gasteiger partial charge < -0.3 is 4.74 Å². The summed E-state index contributed by atoms with van der Waals surface area (Å²) in [5.41, 5.74) is 0. The number of halogens is 4. The summed E-state index contributed by atoms with van der Waals surface area (Å²) in [5.74, 6) is -9.02. The summed E-state index contributed by atoms with van der Waals surface area (Å²) >= 11 is 0. The van der Waals surface area contributed by atoms with E-state index in [0.29, 0.717) is 0 Å². The molecule has 0 radical (unpaired) electrons. The smallest absolute Gasteiger partial charge is 0.311 e. The summed E-state index contributed by atoms with van der Waals surface area (Å²) in [4.78, 5) is 10.7. The molecule has 15 heavy (non-hydrogen) atoms. The maximum atomic E-state index is 12.9. The highest BCUT2D eigenvalue weighted by molar-refractivity contribution is 5.72. The number of hydrogen-bond acceptors (Lipinski definition) is 2. The molecule has 1 aromatic carbocycles. The van der Waals surface area contributed by atoms with Gasteiger partial charge in [0.05, 0.1) is 0 Å². The van der Waals surface area contributed by atoms with Gasteiger partial charge in [-0.05, 0) is 0 Å². The van der Waals surface area contributed by atoms with Gasteiger partial charge in [-0.15, -0.1) is 0 Å². The van der Waals surface area contributed by atoms with E-state index in [1.807, 2.05) is 0 Å². The third-order valence-electron chi connectivity index (χ3n) is 1.58. The molecule has 0 N–H and O–H groups in total. The van der Waals surface area contributed by atoms with E-state index in [0.717, 1.165) is 0 Å². The normalized spacial score (nSPS) is 10.2. The van der Waals surface area contributed by atoms with E-state index in [1.165, 1.54) is 6.92 Å². The van der Waals surface area contributed by atoms with Crippen molar-refractivity contribution in [3.8, 4) is 5.75 Å². The second-order valence-corrected chi connectivity index (χ2v) is 2.62. The van der Waals surface area contributed by atoms with Crippen molar-refractivity contribution in [3.63, 3.8) is 0 Å². The Bertz CT molecular complexity index is 377. The second-order valence-electron chi connectivity index (χ2n) is 2.62. The molecule has 0 spiro atoms. The topological polar surface area (TPSA) is 26.3 Å². The number of carbonyl (C=O) groups excluding carboxylic acids is 1. The van der Waals surface area contributed by atoms with Crippen LogP contribution in [-0.4, -0.2) is 5.97 Å². The lowest BCUT2D eigenvalue weighted by Gasteiger charge is -2.06. The van der Waals surface area contributed by atoms with Gasteiger partial charge in [-0.2, -0.15) is 8.78 Å². The molecule has 0 saturated heterocycles. The molecule has 0 aromatic heterocycles. The van der Waals surface area contributed by atoms with Crippen LogP contribution >= 0.6 is 0 Å². The molecule has 0 aliphatic heterocycles. The van der Waals surface area contributed by atoms with Gasteiger partial charge >= 0.3 is 5.97 Å². The predicted octanol–water partition coefficient (Wildman–Crippen LogP) is 2.56. The molecule has 1 aromatic rings. The molecule has 0 aliphatic rings. The minimum Gasteiger partial charge on any atom is -0.420 e.